The van der Waals surface area contributed by atoms with E-state index in [0.717, 1.165) is 5.56 Å². The summed E-state index contributed by atoms with van der Waals surface area (Å²) in [5.74, 6) is -0.0982. The summed E-state index contributed by atoms with van der Waals surface area (Å²) in [7, 11) is 0. The molecule has 0 heterocycles. The van der Waals surface area contributed by atoms with Crippen LogP contribution in [0.5, 0.6) is 0 Å². The van der Waals surface area contributed by atoms with Crippen molar-refractivity contribution in [1.29, 1.82) is 0 Å². The van der Waals surface area contributed by atoms with Crippen molar-refractivity contribution in [1.82, 2.24) is 5.32 Å². The average molecular weight is 252 g/mol. The van der Waals surface area contributed by atoms with Crippen molar-refractivity contribution in [3.8, 4) is 0 Å². The van der Waals surface area contributed by atoms with Crippen LogP contribution in [-0.2, 0) is 9.53 Å². The van der Waals surface area contributed by atoms with Crippen LogP contribution in [0.3, 0.4) is 0 Å². The maximum Gasteiger partial charge on any atom is 0.221 e. The molecule has 100 valence electrons. The van der Waals surface area contributed by atoms with Crippen LogP contribution in [-0.4, -0.2) is 37.4 Å². The molecule has 0 saturated heterocycles. The van der Waals surface area contributed by atoms with E-state index >= 15 is 0 Å². The number of aliphatic hydroxyl groups excluding tert-OH is 1. The van der Waals surface area contributed by atoms with Gasteiger partial charge in [-0.15, -0.1) is 0 Å². The lowest BCUT2D eigenvalue weighted by Gasteiger charge is -2.12. The number of benzene rings is 1. The van der Waals surface area contributed by atoms with Gasteiger partial charge in [-0.2, -0.15) is 0 Å². The van der Waals surface area contributed by atoms with Crippen molar-refractivity contribution >= 4 is 5.91 Å². The Morgan fingerprint density at radius 1 is 1.33 bits per heavy atom. The van der Waals surface area contributed by atoms with Crippen molar-refractivity contribution in [2.45, 2.75) is 12.5 Å². The van der Waals surface area contributed by atoms with E-state index in [1.807, 2.05) is 30.3 Å². The first kappa shape index (κ1) is 14.6. The smallest absolute Gasteiger partial charge is 0.221 e. The third-order valence-electron chi connectivity index (χ3n) is 2.44. The summed E-state index contributed by atoms with van der Waals surface area (Å²) in [6, 6.07) is 9.23. The lowest BCUT2D eigenvalue weighted by atomic mass is 10.0. The van der Waals surface area contributed by atoms with Gasteiger partial charge < -0.3 is 20.9 Å². The number of ether oxygens (including phenoxy) is 1. The van der Waals surface area contributed by atoms with Crippen molar-refractivity contribution in [3.05, 3.63) is 35.9 Å². The summed E-state index contributed by atoms with van der Waals surface area (Å²) in [5, 5.41) is 11.2. The monoisotopic (exact) mass is 252 g/mol. The molecule has 0 aliphatic heterocycles. The molecule has 1 aromatic carbocycles. The fourth-order valence-corrected chi connectivity index (χ4v) is 1.52. The molecular formula is C13H20N2O3. The molecule has 5 nitrogen and oxygen atoms in total. The zero-order valence-corrected chi connectivity index (χ0v) is 10.3. The van der Waals surface area contributed by atoms with Crippen molar-refractivity contribution < 1.29 is 14.6 Å². The summed E-state index contributed by atoms with van der Waals surface area (Å²) in [5.41, 5.74) is 6.87. The van der Waals surface area contributed by atoms with E-state index in [2.05, 4.69) is 5.32 Å². The van der Waals surface area contributed by atoms with Crippen LogP contribution >= 0.6 is 0 Å². The molecule has 1 atom stereocenters. The number of rotatable bonds is 8. The fourth-order valence-electron chi connectivity index (χ4n) is 1.52. The van der Waals surface area contributed by atoms with Crippen molar-refractivity contribution in [2.24, 2.45) is 5.73 Å². The number of hydrogen-bond donors (Lipinski definition) is 3. The molecule has 0 bridgehead atoms. The van der Waals surface area contributed by atoms with Gasteiger partial charge >= 0.3 is 0 Å². The van der Waals surface area contributed by atoms with Crippen LogP contribution in [0, 0.1) is 0 Å². The molecule has 0 aromatic heterocycles. The summed E-state index contributed by atoms with van der Waals surface area (Å²) < 4.78 is 5.03. The number of nitrogens with two attached hydrogens (primary N) is 1. The number of amides is 1. The number of nitrogens with one attached hydrogen (secondary N) is 1. The van der Waals surface area contributed by atoms with E-state index in [4.69, 9.17) is 15.6 Å². The predicted octanol–water partition coefficient (Wildman–Crippen LogP) is 0.202. The Kier molecular flexibility index (Phi) is 7.01. The van der Waals surface area contributed by atoms with Crippen LogP contribution in [0.4, 0.5) is 0 Å². The molecule has 18 heavy (non-hydrogen) atoms. The Balaban J connectivity index is 2.20. The van der Waals surface area contributed by atoms with Gasteiger partial charge in [-0.25, -0.2) is 0 Å². The minimum absolute atomic E-state index is 0.00712. The van der Waals surface area contributed by atoms with E-state index in [1.54, 1.807) is 0 Å². The highest BCUT2D eigenvalue weighted by Crippen LogP contribution is 2.12. The lowest BCUT2D eigenvalue weighted by Crippen LogP contribution is -2.30. The molecule has 1 amide bonds. The zero-order valence-electron chi connectivity index (χ0n) is 10.3. The van der Waals surface area contributed by atoms with Crippen LogP contribution in [0.15, 0.2) is 30.3 Å². The Hall–Kier alpha value is -1.43. The van der Waals surface area contributed by atoms with E-state index in [0.29, 0.717) is 19.8 Å². The number of hydrogen-bond acceptors (Lipinski definition) is 4. The van der Waals surface area contributed by atoms with Gasteiger partial charge in [0.25, 0.3) is 0 Å². The number of carbonyl (C=O) groups excluding carboxylic acids is 1. The summed E-state index contributed by atoms with van der Waals surface area (Å²) in [6.07, 6.45) is 0.254. The lowest BCUT2D eigenvalue weighted by molar-refractivity contribution is -0.121. The van der Waals surface area contributed by atoms with Gasteiger partial charge in [0.2, 0.25) is 5.91 Å². The molecule has 0 saturated carbocycles. The second-order valence-corrected chi connectivity index (χ2v) is 3.91. The molecular weight excluding hydrogens is 232 g/mol. The van der Waals surface area contributed by atoms with Gasteiger partial charge in [0.05, 0.1) is 19.8 Å². The SMILES string of the molecule is NC(CC(=O)NCCOCCO)c1ccccc1. The molecule has 5 heteroatoms. The quantitative estimate of drug-likeness (QED) is 0.577. The third-order valence-corrected chi connectivity index (χ3v) is 2.44. The standard InChI is InChI=1S/C13H20N2O3/c14-12(11-4-2-1-3-5-11)10-13(17)15-6-8-18-9-7-16/h1-5,12,16H,6-10,14H2,(H,15,17). The van der Waals surface area contributed by atoms with Crippen LogP contribution in [0.1, 0.15) is 18.0 Å². The predicted molar refractivity (Wildman–Crippen MR) is 68.9 cm³/mol. The molecule has 1 unspecified atom stereocenters. The second-order valence-electron chi connectivity index (χ2n) is 3.91. The second kappa shape index (κ2) is 8.63. The van der Waals surface area contributed by atoms with Gasteiger partial charge in [-0.05, 0) is 5.56 Å². The van der Waals surface area contributed by atoms with Crippen LogP contribution in [0.25, 0.3) is 0 Å². The first-order chi connectivity index (χ1) is 8.74. The van der Waals surface area contributed by atoms with E-state index in [1.165, 1.54) is 0 Å². The highest BCUT2D eigenvalue weighted by molar-refractivity contribution is 5.76. The normalized spacial score (nSPS) is 12.1. The van der Waals surface area contributed by atoms with Gasteiger partial charge in [-0.3, -0.25) is 4.79 Å². The Labute approximate surface area is 107 Å². The molecule has 0 spiro atoms. The maximum atomic E-state index is 11.6. The van der Waals surface area contributed by atoms with Crippen molar-refractivity contribution in [3.63, 3.8) is 0 Å². The van der Waals surface area contributed by atoms with Gasteiger partial charge in [-0.1, -0.05) is 30.3 Å². The zero-order chi connectivity index (χ0) is 13.2. The molecule has 0 fully saturated rings. The first-order valence-electron chi connectivity index (χ1n) is 6.00. The van der Waals surface area contributed by atoms with E-state index in [9.17, 15) is 4.79 Å². The summed E-state index contributed by atoms with van der Waals surface area (Å²) in [6.45, 7) is 1.11. The summed E-state index contributed by atoms with van der Waals surface area (Å²) in [4.78, 5) is 11.6. The van der Waals surface area contributed by atoms with Gasteiger partial charge in [0.15, 0.2) is 0 Å². The Bertz CT molecular complexity index is 343. The molecule has 0 aliphatic carbocycles. The minimum Gasteiger partial charge on any atom is -0.394 e. The fraction of sp³-hybridized carbons (Fsp3) is 0.462. The van der Waals surface area contributed by atoms with E-state index in [-0.39, 0.29) is 25.0 Å². The summed E-state index contributed by atoms with van der Waals surface area (Å²) >= 11 is 0. The minimum atomic E-state index is -0.287. The number of carbonyl (C=O) groups is 1. The van der Waals surface area contributed by atoms with Gasteiger partial charge in [0.1, 0.15) is 0 Å². The van der Waals surface area contributed by atoms with Crippen LogP contribution in [0.2, 0.25) is 0 Å². The van der Waals surface area contributed by atoms with Gasteiger partial charge in [0, 0.05) is 19.0 Å². The topological polar surface area (TPSA) is 84.6 Å². The molecule has 1 rings (SSSR count). The highest BCUT2D eigenvalue weighted by atomic mass is 16.5. The average Bonchev–Trinajstić information content (AvgIpc) is 2.39. The van der Waals surface area contributed by atoms with E-state index < -0.39 is 0 Å². The third kappa shape index (κ3) is 5.77. The molecule has 4 N–H and O–H groups in total. The van der Waals surface area contributed by atoms with Crippen LogP contribution < -0.4 is 11.1 Å². The molecule has 0 aliphatic rings. The largest absolute Gasteiger partial charge is 0.394 e. The Morgan fingerprint density at radius 2 is 2.06 bits per heavy atom. The maximum absolute atomic E-state index is 11.6. The first-order valence-corrected chi connectivity index (χ1v) is 6.00. The molecule has 1 aromatic rings. The molecule has 0 radical (unpaired) electrons. The Morgan fingerprint density at radius 3 is 2.72 bits per heavy atom. The highest BCUT2D eigenvalue weighted by Gasteiger charge is 2.10. The van der Waals surface area contributed by atoms with Crippen molar-refractivity contribution in [2.75, 3.05) is 26.4 Å². The number of aliphatic hydroxyl groups is 1.